The molecule has 3 aromatic carbocycles. The highest BCUT2D eigenvalue weighted by Gasteiger charge is 2.29. The van der Waals surface area contributed by atoms with Crippen LogP contribution in [0.2, 0.25) is 5.02 Å². The van der Waals surface area contributed by atoms with Gasteiger partial charge in [-0.15, -0.1) is 0 Å². The summed E-state index contributed by atoms with van der Waals surface area (Å²) in [6, 6.07) is 20.1. The smallest absolute Gasteiger partial charge is 0.264 e. The SMILES string of the molecule is COc1ccc(Cl)cc1N(CC(=O)NCc1ccc(-n2ccnc2)cc1)S(=O)(=O)c1ccccc1. The number of anilines is 1. The monoisotopic (exact) mass is 510 g/mol. The summed E-state index contributed by atoms with van der Waals surface area (Å²) >= 11 is 6.16. The van der Waals surface area contributed by atoms with Crippen molar-refractivity contribution in [3.8, 4) is 11.4 Å². The molecule has 1 heterocycles. The number of rotatable bonds is 9. The molecule has 1 N–H and O–H groups in total. The first kappa shape index (κ1) is 24.3. The molecule has 0 spiro atoms. The van der Waals surface area contributed by atoms with Gasteiger partial charge in [0.15, 0.2) is 0 Å². The van der Waals surface area contributed by atoms with E-state index in [0.717, 1.165) is 15.6 Å². The molecule has 35 heavy (non-hydrogen) atoms. The van der Waals surface area contributed by atoms with E-state index in [1.54, 1.807) is 42.9 Å². The largest absolute Gasteiger partial charge is 0.495 e. The maximum atomic E-state index is 13.5. The molecular weight excluding hydrogens is 488 g/mol. The number of carbonyl (C=O) groups is 1. The molecule has 0 bridgehead atoms. The number of benzene rings is 3. The minimum Gasteiger partial charge on any atom is -0.495 e. The van der Waals surface area contributed by atoms with Crippen molar-refractivity contribution >= 4 is 33.2 Å². The Balaban J connectivity index is 1.55. The summed E-state index contributed by atoms with van der Waals surface area (Å²) < 4.78 is 35.3. The minimum absolute atomic E-state index is 0.0462. The molecule has 10 heteroatoms. The lowest BCUT2D eigenvalue weighted by atomic mass is 10.2. The number of aromatic nitrogens is 2. The number of ether oxygens (including phenoxy) is 1. The van der Waals surface area contributed by atoms with E-state index in [1.165, 1.54) is 25.3 Å². The van der Waals surface area contributed by atoms with Gasteiger partial charge in [-0.3, -0.25) is 9.10 Å². The number of hydrogen-bond acceptors (Lipinski definition) is 5. The number of halogens is 1. The van der Waals surface area contributed by atoms with Crippen LogP contribution in [0.15, 0.2) is 96.4 Å². The predicted molar refractivity (Wildman–Crippen MR) is 134 cm³/mol. The Kier molecular flexibility index (Phi) is 7.38. The first-order valence-corrected chi connectivity index (χ1v) is 12.5. The van der Waals surface area contributed by atoms with Crippen LogP contribution in [0.5, 0.6) is 5.75 Å². The van der Waals surface area contributed by atoms with Crippen molar-refractivity contribution in [1.82, 2.24) is 14.9 Å². The molecule has 0 saturated heterocycles. The van der Waals surface area contributed by atoms with Crippen molar-refractivity contribution in [2.24, 2.45) is 0 Å². The Morgan fingerprint density at radius 2 is 1.83 bits per heavy atom. The van der Waals surface area contributed by atoms with Crippen molar-refractivity contribution in [3.05, 3.63) is 102 Å². The van der Waals surface area contributed by atoms with Gasteiger partial charge in [0.2, 0.25) is 5.91 Å². The highest BCUT2D eigenvalue weighted by molar-refractivity contribution is 7.92. The van der Waals surface area contributed by atoms with Crippen LogP contribution in [0.1, 0.15) is 5.56 Å². The normalized spacial score (nSPS) is 11.1. The fraction of sp³-hybridized carbons (Fsp3) is 0.120. The van der Waals surface area contributed by atoms with E-state index < -0.39 is 22.5 Å². The molecule has 4 aromatic rings. The van der Waals surface area contributed by atoms with Gasteiger partial charge in [0.25, 0.3) is 10.0 Å². The molecule has 0 atom stereocenters. The van der Waals surface area contributed by atoms with Crippen LogP contribution in [-0.4, -0.2) is 37.5 Å². The summed E-state index contributed by atoms with van der Waals surface area (Å²) in [5, 5.41) is 3.10. The van der Waals surface area contributed by atoms with Crippen molar-refractivity contribution < 1.29 is 17.9 Å². The van der Waals surface area contributed by atoms with E-state index in [0.29, 0.717) is 5.02 Å². The topological polar surface area (TPSA) is 93.5 Å². The summed E-state index contributed by atoms with van der Waals surface area (Å²) in [4.78, 5) is 17.0. The van der Waals surface area contributed by atoms with Crippen LogP contribution in [0.25, 0.3) is 5.69 Å². The predicted octanol–water partition coefficient (Wildman–Crippen LogP) is 4.05. The van der Waals surface area contributed by atoms with Crippen LogP contribution in [0, 0.1) is 0 Å². The Morgan fingerprint density at radius 3 is 2.49 bits per heavy atom. The van der Waals surface area contributed by atoms with Gasteiger partial charge in [0, 0.05) is 29.6 Å². The van der Waals surface area contributed by atoms with Gasteiger partial charge in [-0.05, 0) is 48.0 Å². The lowest BCUT2D eigenvalue weighted by Gasteiger charge is -2.26. The maximum Gasteiger partial charge on any atom is 0.264 e. The van der Waals surface area contributed by atoms with Gasteiger partial charge in [-0.25, -0.2) is 13.4 Å². The zero-order valence-electron chi connectivity index (χ0n) is 18.8. The third-order valence-corrected chi connectivity index (χ3v) is 7.27. The van der Waals surface area contributed by atoms with Gasteiger partial charge in [0.05, 0.1) is 24.0 Å². The van der Waals surface area contributed by atoms with Gasteiger partial charge < -0.3 is 14.6 Å². The van der Waals surface area contributed by atoms with Crippen molar-refractivity contribution in [2.45, 2.75) is 11.4 Å². The average molecular weight is 511 g/mol. The lowest BCUT2D eigenvalue weighted by molar-refractivity contribution is -0.119. The number of imidazole rings is 1. The third kappa shape index (κ3) is 5.64. The van der Waals surface area contributed by atoms with Gasteiger partial charge in [-0.1, -0.05) is 41.9 Å². The molecule has 0 saturated carbocycles. The second-order valence-electron chi connectivity index (χ2n) is 7.55. The molecule has 0 radical (unpaired) electrons. The van der Waals surface area contributed by atoms with E-state index in [-0.39, 0.29) is 22.9 Å². The fourth-order valence-corrected chi connectivity index (χ4v) is 5.07. The molecule has 0 fully saturated rings. The number of sulfonamides is 1. The van der Waals surface area contributed by atoms with Crippen LogP contribution >= 0.6 is 11.6 Å². The van der Waals surface area contributed by atoms with E-state index in [9.17, 15) is 13.2 Å². The van der Waals surface area contributed by atoms with E-state index >= 15 is 0 Å². The van der Waals surface area contributed by atoms with Crippen LogP contribution in [0.3, 0.4) is 0 Å². The highest BCUT2D eigenvalue weighted by Crippen LogP contribution is 2.34. The molecule has 0 aliphatic heterocycles. The summed E-state index contributed by atoms with van der Waals surface area (Å²) in [5.74, 6) is -0.206. The number of methoxy groups -OCH3 is 1. The van der Waals surface area contributed by atoms with Gasteiger partial charge in [-0.2, -0.15) is 0 Å². The van der Waals surface area contributed by atoms with Crippen molar-refractivity contribution in [1.29, 1.82) is 0 Å². The molecule has 180 valence electrons. The van der Waals surface area contributed by atoms with Gasteiger partial charge >= 0.3 is 0 Å². The highest BCUT2D eigenvalue weighted by atomic mass is 35.5. The molecule has 8 nitrogen and oxygen atoms in total. The number of hydrogen-bond donors (Lipinski definition) is 1. The number of carbonyl (C=O) groups excluding carboxylic acids is 1. The Hall–Kier alpha value is -3.82. The Morgan fingerprint density at radius 1 is 1.09 bits per heavy atom. The second kappa shape index (κ2) is 10.6. The number of nitrogens with one attached hydrogen (secondary N) is 1. The summed E-state index contributed by atoms with van der Waals surface area (Å²) in [5.41, 5.74) is 1.97. The van der Waals surface area contributed by atoms with Crippen molar-refractivity contribution in [3.63, 3.8) is 0 Å². The zero-order chi connectivity index (χ0) is 24.8. The summed E-state index contributed by atoms with van der Waals surface area (Å²) in [6.07, 6.45) is 5.23. The third-order valence-electron chi connectivity index (χ3n) is 5.26. The molecule has 0 aliphatic carbocycles. The zero-order valence-corrected chi connectivity index (χ0v) is 20.4. The first-order valence-electron chi connectivity index (χ1n) is 10.6. The van der Waals surface area contributed by atoms with Gasteiger partial charge in [0.1, 0.15) is 12.3 Å². The number of nitrogens with zero attached hydrogens (tertiary/aromatic N) is 3. The number of amides is 1. The van der Waals surface area contributed by atoms with E-state index in [4.69, 9.17) is 16.3 Å². The molecule has 0 aliphatic rings. The van der Waals surface area contributed by atoms with E-state index in [2.05, 4.69) is 10.3 Å². The maximum absolute atomic E-state index is 13.5. The molecule has 1 aromatic heterocycles. The standard InChI is InChI=1S/C25H23ClN4O4S/c1-34-24-12-9-20(26)15-23(24)30(35(32,33)22-5-3-2-4-6-22)17-25(31)28-16-19-7-10-21(11-8-19)29-14-13-27-18-29/h2-15,18H,16-17H2,1H3,(H,28,31). The summed E-state index contributed by atoms with van der Waals surface area (Å²) in [7, 11) is -2.66. The minimum atomic E-state index is -4.09. The quantitative estimate of drug-likeness (QED) is 0.367. The van der Waals surface area contributed by atoms with Crippen molar-refractivity contribution in [2.75, 3.05) is 18.0 Å². The molecule has 4 rings (SSSR count). The van der Waals surface area contributed by atoms with Crippen LogP contribution in [0.4, 0.5) is 5.69 Å². The average Bonchev–Trinajstić information content (AvgIpc) is 3.42. The Labute approximate surface area is 208 Å². The Bertz CT molecular complexity index is 1390. The second-order valence-corrected chi connectivity index (χ2v) is 9.85. The van der Waals surface area contributed by atoms with Crippen LogP contribution < -0.4 is 14.4 Å². The molecular formula is C25H23ClN4O4S. The summed E-state index contributed by atoms with van der Waals surface area (Å²) in [6.45, 7) is -0.226. The van der Waals surface area contributed by atoms with Crippen LogP contribution in [-0.2, 0) is 21.4 Å². The molecule has 0 unspecified atom stereocenters. The lowest BCUT2D eigenvalue weighted by Crippen LogP contribution is -2.40. The van der Waals surface area contributed by atoms with E-state index in [1.807, 2.05) is 35.0 Å². The fourth-order valence-electron chi connectivity index (χ4n) is 3.46. The first-order chi connectivity index (χ1) is 16.9. The molecule has 1 amide bonds.